The number of nitrogens with zero attached hydrogens (tertiary/aromatic N) is 5. The molecule has 3 N–H and O–H groups in total. The van der Waals surface area contributed by atoms with Crippen molar-refractivity contribution in [1.29, 1.82) is 0 Å². The number of rotatable bonds is 10. The average molecular weight is 580 g/mol. The van der Waals surface area contributed by atoms with Gasteiger partial charge in [0.2, 0.25) is 0 Å². The van der Waals surface area contributed by atoms with Gasteiger partial charge in [0.15, 0.2) is 5.82 Å². The first-order valence-electron chi connectivity index (χ1n) is 12.6. The van der Waals surface area contributed by atoms with E-state index >= 15 is 0 Å². The molecule has 0 radical (unpaired) electrons. The number of hydrogen-bond donors (Lipinski definition) is 3. The summed E-state index contributed by atoms with van der Waals surface area (Å²) in [5, 5.41) is 20.1. The summed E-state index contributed by atoms with van der Waals surface area (Å²) in [5.74, 6) is -0.747. The van der Waals surface area contributed by atoms with Crippen LogP contribution in [0.1, 0.15) is 18.1 Å². The smallest absolute Gasteiger partial charge is 0.404 e. The molecule has 41 heavy (non-hydrogen) atoms. The number of carboxylic acid groups (broad SMARTS) is 1. The van der Waals surface area contributed by atoms with Crippen LogP contribution in [0.2, 0.25) is 5.02 Å². The Morgan fingerprint density at radius 3 is 2.66 bits per heavy atom. The van der Waals surface area contributed by atoms with Crippen LogP contribution < -0.4 is 15.4 Å². The zero-order chi connectivity index (χ0) is 28.9. The lowest BCUT2D eigenvalue weighted by Crippen LogP contribution is -2.23. The summed E-state index contributed by atoms with van der Waals surface area (Å²) in [4.78, 5) is 24.1. The molecule has 10 nitrogen and oxygen atoms in total. The second kappa shape index (κ2) is 12.1. The average Bonchev–Trinajstić information content (AvgIpc) is 3.31. The highest BCUT2D eigenvalue weighted by molar-refractivity contribution is 6.33. The van der Waals surface area contributed by atoms with Crippen molar-refractivity contribution in [3.63, 3.8) is 0 Å². The first kappa shape index (κ1) is 27.7. The minimum absolute atomic E-state index is 0.110. The van der Waals surface area contributed by atoms with Crippen LogP contribution in [-0.4, -0.2) is 49.1 Å². The van der Waals surface area contributed by atoms with Crippen LogP contribution in [0.15, 0.2) is 61.1 Å². The third-order valence-corrected chi connectivity index (χ3v) is 6.47. The van der Waals surface area contributed by atoms with Crippen molar-refractivity contribution in [2.45, 2.75) is 19.9 Å². The number of carbonyl (C=O) groups is 1. The van der Waals surface area contributed by atoms with E-state index in [4.69, 9.17) is 26.4 Å². The first-order chi connectivity index (χ1) is 19.8. The molecule has 0 bridgehead atoms. The molecule has 0 spiro atoms. The van der Waals surface area contributed by atoms with Gasteiger partial charge in [-0.2, -0.15) is 5.10 Å². The van der Waals surface area contributed by atoms with Gasteiger partial charge in [0.05, 0.1) is 29.4 Å². The number of ether oxygens (including phenoxy) is 1. The van der Waals surface area contributed by atoms with E-state index in [9.17, 15) is 13.6 Å². The van der Waals surface area contributed by atoms with E-state index in [1.807, 2.05) is 12.1 Å². The molecule has 5 rings (SSSR count). The lowest BCUT2D eigenvalue weighted by molar-refractivity contribution is 0.194. The van der Waals surface area contributed by atoms with Crippen molar-refractivity contribution in [3.8, 4) is 17.3 Å². The van der Waals surface area contributed by atoms with Gasteiger partial charge in [-0.15, -0.1) is 0 Å². The molecule has 0 saturated heterocycles. The van der Waals surface area contributed by atoms with Gasteiger partial charge >= 0.3 is 6.09 Å². The van der Waals surface area contributed by atoms with Crippen LogP contribution in [-0.2, 0) is 13.0 Å². The zero-order valence-electron chi connectivity index (χ0n) is 21.7. The molecule has 0 atom stereocenters. The Hall–Kier alpha value is -4.84. The lowest BCUT2D eigenvalue weighted by Gasteiger charge is -2.13. The summed E-state index contributed by atoms with van der Waals surface area (Å²) in [6.45, 7) is 1.97. The van der Waals surface area contributed by atoms with E-state index in [0.717, 1.165) is 12.1 Å². The van der Waals surface area contributed by atoms with E-state index in [-0.39, 0.29) is 36.8 Å². The number of amides is 1. The molecule has 3 heterocycles. The van der Waals surface area contributed by atoms with Crippen molar-refractivity contribution in [1.82, 2.24) is 30.0 Å². The normalized spacial score (nSPS) is 11.0. The van der Waals surface area contributed by atoms with Crippen molar-refractivity contribution >= 4 is 40.1 Å². The van der Waals surface area contributed by atoms with E-state index in [0.29, 0.717) is 45.1 Å². The van der Waals surface area contributed by atoms with Gasteiger partial charge in [0.25, 0.3) is 0 Å². The first-order valence-corrected chi connectivity index (χ1v) is 13.0. The second-order valence-electron chi connectivity index (χ2n) is 8.85. The Kier molecular flexibility index (Phi) is 8.20. The third-order valence-electron chi connectivity index (χ3n) is 6.16. The molecule has 0 aliphatic rings. The zero-order valence-corrected chi connectivity index (χ0v) is 22.5. The Balaban J connectivity index is 1.55. The van der Waals surface area contributed by atoms with Crippen molar-refractivity contribution < 1.29 is 23.4 Å². The molecule has 0 unspecified atom stereocenters. The van der Waals surface area contributed by atoms with E-state index in [1.165, 1.54) is 10.9 Å². The Bertz CT molecular complexity index is 1710. The van der Waals surface area contributed by atoms with Gasteiger partial charge in [-0.05, 0) is 25.5 Å². The summed E-state index contributed by atoms with van der Waals surface area (Å²) in [6.07, 6.45) is 3.76. The minimum Gasteiger partial charge on any atom is -0.494 e. The van der Waals surface area contributed by atoms with Crippen molar-refractivity contribution in [3.05, 3.63) is 88.8 Å². The van der Waals surface area contributed by atoms with Gasteiger partial charge in [-0.25, -0.2) is 23.5 Å². The quantitative estimate of drug-likeness (QED) is 0.189. The maximum absolute atomic E-state index is 14.9. The number of benzene rings is 2. The van der Waals surface area contributed by atoms with Gasteiger partial charge in [0, 0.05) is 53.8 Å². The van der Waals surface area contributed by atoms with Crippen LogP contribution >= 0.6 is 11.6 Å². The Morgan fingerprint density at radius 1 is 1.15 bits per heavy atom. The number of halogens is 3. The number of aromatic nitrogens is 5. The SMILES string of the molecule is CCOc1cc(F)c(Cn2nc(-c3ncc(CCNC(=O)O)c(Nc4ccncc4Cl)n3)c3ccccc32)c(F)c1. The summed E-state index contributed by atoms with van der Waals surface area (Å²) in [7, 11) is 0. The summed E-state index contributed by atoms with van der Waals surface area (Å²) >= 11 is 6.30. The summed E-state index contributed by atoms with van der Waals surface area (Å²) < 4.78 is 36.5. The molecular weight excluding hydrogens is 556 g/mol. The largest absolute Gasteiger partial charge is 0.494 e. The molecule has 2 aromatic carbocycles. The number of pyridine rings is 1. The topological polar surface area (TPSA) is 127 Å². The fraction of sp³-hybridized carbons (Fsp3) is 0.179. The molecule has 13 heteroatoms. The van der Waals surface area contributed by atoms with Crippen LogP contribution in [0.3, 0.4) is 0 Å². The highest BCUT2D eigenvalue weighted by atomic mass is 35.5. The summed E-state index contributed by atoms with van der Waals surface area (Å²) in [6, 6.07) is 11.2. The number of hydrogen-bond acceptors (Lipinski definition) is 7. The number of anilines is 2. The maximum atomic E-state index is 14.9. The van der Waals surface area contributed by atoms with Gasteiger partial charge in [-0.1, -0.05) is 29.8 Å². The molecular formula is C28H24ClF2N7O3. The van der Waals surface area contributed by atoms with E-state index in [1.54, 1.807) is 37.5 Å². The molecule has 0 saturated carbocycles. The molecule has 210 valence electrons. The predicted octanol–water partition coefficient (Wildman–Crippen LogP) is 5.82. The molecule has 3 aromatic heterocycles. The standard InChI is InChI=1S/C28H24ClF2N7O3/c1-2-41-17-11-21(30)19(22(31)12-17)15-38-24-6-4-3-5-18(24)25(37-38)27-34-13-16(7-10-33-28(39)40)26(36-27)35-23-8-9-32-14-20(23)29/h3-6,8-9,11-14,33H,2,7,10,15H2,1H3,(H,39,40)(H,32,34,35,36). The minimum atomic E-state index is -1.15. The van der Waals surface area contributed by atoms with Crippen LogP contribution in [0.25, 0.3) is 22.4 Å². The maximum Gasteiger partial charge on any atom is 0.404 e. The van der Waals surface area contributed by atoms with Gasteiger partial charge in [0.1, 0.15) is 28.9 Å². The van der Waals surface area contributed by atoms with Gasteiger partial charge in [-0.3, -0.25) is 9.67 Å². The molecule has 0 fully saturated rings. The predicted molar refractivity (Wildman–Crippen MR) is 150 cm³/mol. The molecule has 0 aliphatic carbocycles. The van der Waals surface area contributed by atoms with Crippen molar-refractivity contribution in [2.24, 2.45) is 0 Å². The number of nitrogens with one attached hydrogen (secondary N) is 2. The summed E-state index contributed by atoms with van der Waals surface area (Å²) in [5.41, 5.74) is 2.02. The van der Waals surface area contributed by atoms with Gasteiger partial charge < -0.3 is 20.5 Å². The highest BCUT2D eigenvalue weighted by Crippen LogP contribution is 2.31. The highest BCUT2D eigenvalue weighted by Gasteiger charge is 2.20. The Morgan fingerprint density at radius 2 is 1.93 bits per heavy atom. The molecule has 1 amide bonds. The van der Waals surface area contributed by atoms with E-state index in [2.05, 4.69) is 25.7 Å². The second-order valence-corrected chi connectivity index (χ2v) is 9.26. The van der Waals surface area contributed by atoms with Crippen LogP contribution in [0.4, 0.5) is 25.1 Å². The number of para-hydroxylation sites is 1. The molecule has 5 aromatic rings. The fourth-order valence-electron chi connectivity index (χ4n) is 4.26. The monoisotopic (exact) mass is 579 g/mol. The van der Waals surface area contributed by atoms with Crippen LogP contribution in [0, 0.1) is 11.6 Å². The van der Waals surface area contributed by atoms with E-state index < -0.39 is 17.7 Å². The van der Waals surface area contributed by atoms with Crippen LogP contribution in [0.5, 0.6) is 5.75 Å². The Labute approximate surface area is 238 Å². The molecule has 0 aliphatic heterocycles. The van der Waals surface area contributed by atoms with Crippen molar-refractivity contribution in [2.75, 3.05) is 18.5 Å². The third kappa shape index (κ3) is 6.17. The lowest BCUT2D eigenvalue weighted by atomic mass is 10.1. The fourth-order valence-corrected chi connectivity index (χ4v) is 4.43. The number of fused-ring (bicyclic) bond motifs is 1.